The molecule has 0 aliphatic rings. The van der Waals surface area contributed by atoms with Crippen molar-refractivity contribution in [3.05, 3.63) is 35.7 Å². The number of benzene rings is 1. The van der Waals surface area contributed by atoms with Crippen molar-refractivity contribution in [3.63, 3.8) is 0 Å². The molecule has 0 aliphatic carbocycles. The van der Waals surface area contributed by atoms with Gasteiger partial charge in [-0.05, 0) is 19.1 Å². The van der Waals surface area contributed by atoms with E-state index in [2.05, 4.69) is 10.4 Å². The van der Waals surface area contributed by atoms with Crippen LogP contribution in [0.5, 0.6) is 5.75 Å². The molecule has 1 aromatic heterocycles. The maximum Gasteiger partial charge on any atom is 0.259 e. The molecule has 0 saturated carbocycles. The minimum Gasteiger partial charge on any atom is -0.494 e. The number of nitrogens with one attached hydrogen (secondary N) is 1. The average Bonchev–Trinajstić information content (AvgIpc) is 2.67. The van der Waals surface area contributed by atoms with Crippen molar-refractivity contribution in [2.75, 3.05) is 18.2 Å². The Morgan fingerprint density at radius 2 is 2.21 bits per heavy atom. The van der Waals surface area contributed by atoms with E-state index < -0.39 is 0 Å². The van der Waals surface area contributed by atoms with Crippen molar-refractivity contribution >= 4 is 17.3 Å². The van der Waals surface area contributed by atoms with Crippen LogP contribution in [-0.2, 0) is 7.05 Å². The molecule has 0 saturated heterocycles. The van der Waals surface area contributed by atoms with Crippen molar-refractivity contribution in [2.24, 2.45) is 7.05 Å². The summed E-state index contributed by atoms with van der Waals surface area (Å²) in [4.78, 5) is 12.2. The minimum absolute atomic E-state index is 0.278. The lowest BCUT2D eigenvalue weighted by Crippen LogP contribution is -2.14. The zero-order valence-electron chi connectivity index (χ0n) is 11.1. The van der Waals surface area contributed by atoms with Crippen LogP contribution in [0.4, 0.5) is 11.4 Å². The average molecular weight is 260 g/mol. The molecule has 0 unspecified atom stereocenters. The molecule has 2 rings (SSSR count). The zero-order chi connectivity index (χ0) is 14.0. The number of hydrogen-bond donors (Lipinski definition) is 2. The molecule has 6 heteroatoms. The SMILES string of the molecule is COc1c(N)cccc1C(=O)Nc1cn(C)nc1C. The molecule has 2 aromatic rings. The largest absolute Gasteiger partial charge is 0.494 e. The Balaban J connectivity index is 2.30. The first-order valence-corrected chi connectivity index (χ1v) is 5.77. The van der Waals surface area contributed by atoms with Gasteiger partial charge in [-0.15, -0.1) is 0 Å². The van der Waals surface area contributed by atoms with Crippen LogP contribution < -0.4 is 15.8 Å². The number of aryl methyl sites for hydroxylation is 2. The fourth-order valence-electron chi connectivity index (χ4n) is 1.87. The number of carbonyl (C=O) groups is 1. The maximum atomic E-state index is 12.2. The van der Waals surface area contributed by atoms with E-state index in [-0.39, 0.29) is 5.91 Å². The zero-order valence-corrected chi connectivity index (χ0v) is 11.1. The van der Waals surface area contributed by atoms with E-state index in [1.54, 1.807) is 36.1 Å². The molecule has 100 valence electrons. The number of nitrogens with zero attached hydrogens (tertiary/aromatic N) is 2. The lowest BCUT2D eigenvalue weighted by molar-refractivity contribution is 0.102. The molecule has 0 fully saturated rings. The Morgan fingerprint density at radius 3 is 2.79 bits per heavy atom. The highest BCUT2D eigenvalue weighted by atomic mass is 16.5. The van der Waals surface area contributed by atoms with E-state index in [1.807, 2.05) is 6.92 Å². The number of methoxy groups -OCH3 is 1. The number of nitrogen functional groups attached to an aromatic ring is 1. The normalized spacial score (nSPS) is 10.3. The molecule has 1 aromatic carbocycles. The van der Waals surface area contributed by atoms with Gasteiger partial charge in [0.05, 0.1) is 29.7 Å². The summed E-state index contributed by atoms with van der Waals surface area (Å²) in [5.41, 5.74) is 8.01. The van der Waals surface area contributed by atoms with Gasteiger partial charge in [0.2, 0.25) is 0 Å². The number of carbonyl (C=O) groups excluding carboxylic acids is 1. The lowest BCUT2D eigenvalue weighted by atomic mass is 10.1. The summed E-state index contributed by atoms with van der Waals surface area (Å²) in [7, 11) is 3.28. The number of nitrogens with two attached hydrogens (primary N) is 1. The van der Waals surface area contributed by atoms with Crippen molar-refractivity contribution in [1.29, 1.82) is 0 Å². The molecule has 0 spiro atoms. The van der Waals surface area contributed by atoms with E-state index in [4.69, 9.17) is 10.5 Å². The van der Waals surface area contributed by atoms with Crippen molar-refractivity contribution in [1.82, 2.24) is 9.78 Å². The molecule has 3 N–H and O–H groups in total. The topological polar surface area (TPSA) is 82.2 Å². The molecule has 19 heavy (non-hydrogen) atoms. The van der Waals surface area contributed by atoms with E-state index in [9.17, 15) is 4.79 Å². The molecular formula is C13H16N4O2. The van der Waals surface area contributed by atoms with Crippen molar-refractivity contribution in [3.8, 4) is 5.75 Å². The molecule has 0 bridgehead atoms. The summed E-state index contributed by atoms with van der Waals surface area (Å²) in [5, 5.41) is 6.96. The first-order valence-electron chi connectivity index (χ1n) is 5.77. The predicted octanol–water partition coefficient (Wildman–Crippen LogP) is 1.57. The third kappa shape index (κ3) is 2.52. The monoisotopic (exact) mass is 260 g/mol. The predicted molar refractivity (Wildman–Crippen MR) is 73.3 cm³/mol. The third-order valence-electron chi connectivity index (χ3n) is 2.76. The van der Waals surface area contributed by atoms with Gasteiger partial charge in [0.15, 0.2) is 5.75 Å². The van der Waals surface area contributed by atoms with Crippen LogP contribution in [-0.4, -0.2) is 22.8 Å². The first kappa shape index (κ1) is 12.9. The molecule has 6 nitrogen and oxygen atoms in total. The number of para-hydroxylation sites is 1. The number of rotatable bonds is 3. The second kappa shape index (κ2) is 5.01. The number of hydrogen-bond acceptors (Lipinski definition) is 4. The molecule has 0 radical (unpaired) electrons. The van der Waals surface area contributed by atoms with Crippen molar-refractivity contribution in [2.45, 2.75) is 6.92 Å². The summed E-state index contributed by atoms with van der Waals surface area (Å²) in [6.45, 7) is 1.83. The maximum absolute atomic E-state index is 12.2. The molecule has 1 amide bonds. The molecular weight excluding hydrogens is 244 g/mol. The van der Waals surface area contributed by atoms with Gasteiger partial charge in [-0.25, -0.2) is 0 Å². The van der Waals surface area contributed by atoms with Crippen LogP contribution >= 0.6 is 0 Å². The van der Waals surface area contributed by atoms with E-state index in [0.717, 1.165) is 5.69 Å². The smallest absolute Gasteiger partial charge is 0.259 e. The van der Waals surface area contributed by atoms with Crippen LogP contribution in [0.25, 0.3) is 0 Å². The quantitative estimate of drug-likeness (QED) is 0.821. The number of anilines is 2. The second-order valence-corrected chi connectivity index (χ2v) is 4.18. The van der Waals surface area contributed by atoms with Gasteiger partial charge in [-0.3, -0.25) is 9.48 Å². The Hall–Kier alpha value is -2.50. The van der Waals surface area contributed by atoms with Gasteiger partial charge >= 0.3 is 0 Å². The van der Waals surface area contributed by atoms with E-state index >= 15 is 0 Å². The summed E-state index contributed by atoms with van der Waals surface area (Å²) < 4.78 is 6.80. The minimum atomic E-state index is -0.278. The molecule has 0 atom stereocenters. The highest BCUT2D eigenvalue weighted by Gasteiger charge is 2.16. The van der Waals surface area contributed by atoms with E-state index in [0.29, 0.717) is 22.7 Å². The Bertz CT molecular complexity index is 619. The van der Waals surface area contributed by atoms with Crippen LogP contribution in [0.2, 0.25) is 0 Å². The fourth-order valence-corrected chi connectivity index (χ4v) is 1.87. The summed E-state index contributed by atoms with van der Waals surface area (Å²) >= 11 is 0. The van der Waals surface area contributed by atoms with E-state index in [1.165, 1.54) is 7.11 Å². The summed E-state index contributed by atoms with van der Waals surface area (Å²) in [6.07, 6.45) is 1.74. The highest BCUT2D eigenvalue weighted by molar-refractivity contribution is 6.07. The number of amides is 1. The molecule has 1 heterocycles. The van der Waals surface area contributed by atoms with Crippen molar-refractivity contribution < 1.29 is 9.53 Å². The highest BCUT2D eigenvalue weighted by Crippen LogP contribution is 2.26. The van der Waals surface area contributed by atoms with Crippen LogP contribution in [0, 0.1) is 6.92 Å². The van der Waals surface area contributed by atoms with Gasteiger partial charge in [0.1, 0.15) is 0 Å². The Labute approximate surface area is 111 Å². The van der Waals surface area contributed by atoms with Gasteiger partial charge < -0.3 is 15.8 Å². The fraction of sp³-hybridized carbons (Fsp3) is 0.231. The number of ether oxygens (including phenoxy) is 1. The lowest BCUT2D eigenvalue weighted by Gasteiger charge is -2.10. The van der Waals surface area contributed by atoms with Crippen LogP contribution in [0.3, 0.4) is 0 Å². The van der Waals surface area contributed by atoms with Crippen LogP contribution in [0.1, 0.15) is 16.1 Å². The third-order valence-corrected chi connectivity index (χ3v) is 2.76. The summed E-state index contributed by atoms with van der Waals surface area (Å²) in [5.74, 6) is 0.0989. The first-order chi connectivity index (χ1) is 9.02. The molecule has 0 aliphatic heterocycles. The Morgan fingerprint density at radius 1 is 1.47 bits per heavy atom. The van der Waals surface area contributed by atoms with Crippen LogP contribution in [0.15, 0.2) is 24.4 Å². The second-order valence-electron chi connectivity index (χ2n) is 4.18. The standard InChI is InChI=1S/C13H16N4O2/c1-8-11(7-17(2)16-8)15-13(18)9-5-4-6-10(14)12(9)19-3/h4-7H,14H2,1-3H3,(H,15,18). The Kier molecular flexibility index (Phi) is 3.41. The van der Waals surface area contributed by atoms with Gasteiger partial charge in [0, 0.05) is 13.2 Å². The number of aromatic nitrogens is 2. The van der Waals surface area contributed by atoms with Gasteiger partial charge in [0.25, 0.3) is 5.91 Å². The van der Waals surface area contributed by atoms with Gasteiger partial charge in [-0.2, -0.15) is 5.10 Å². The summed E-state index contributed by atoms with van der Waals surface area (Å²) in [6, 6.07) is 5.06. The van der Waals surface area contributed by atoms with Gasteiger partial charge in [-0.1, -0.05) is 6.07 Å².